The molecule has 6 atom stereocenters. The maximum atomic E-state index is 13.5. The Bertz CT molecular complexity index is 1730. The third kappa shape index (κ3) is 8.20. The number of esters is 1. The number of carbonyl (C=O) groups is 4. The van der Waals surface area contributed by atoms with Crippen LogP contribution in [0.4, 0.5) is 5.69 Å². The van der Waals surface area contributed by atoms with Crippen molar-refractivity contribution in [3.8, 4) is 0 Å². The van der Waals surface area contributed by atoms with Gasteiger partial charge in [0.25, 0.3) is 11.5 Å². The van der Waals surface area contributed by atoms with Gasteiger partial charge in [-0.1, -0.05) is 40.2 Å². The van der Waals surface area contributed by atoms with E-state index in [2.05, 4.69) is 36.6 Å². The minimum atomic E-state index is -1.10. The van der Waals surface area contributed by atoms with Crippen LogP contribution in [0.3, 0.4) is 0 Å². The molecule has 2 aliphatic rings. The molecule has 2 heterocycles. The maximum absolute atomic E-state index is 13.5. The van der Waals surface area contributed by atoms with Crippen LogP contribution >= 0.6 is 15.9 Å². The van der Waals surface area contributed by atoms with Crippen molar-refractivity contribution in [2.45, 2.75) is 74.9 Å². The number of hydrogen-bond donors (Lipinski definition) is 4. The van der Waals surface area contributed by atoms with Gasteiger partial charge in [-0.25, -0.2) is 4.79 Å². The van der Waals surface area contributed by atoms with Gasteiger partial charge >= 0.3 is 5.97 Å². The van der Waals surface area contributed by atoms with Gasteiger partial charge in [-0.3, -0.25) is 19.2 Å². The number of allylic oxidation sites excluding steroid dienone is 1. The topological polar surface area (TPSA) is 175 Å². The van der Waals surface area contributed by atoms with Crippen LogP contribution in [0.15, 0.2) is 64.0 Å². The van der Waals surface area contributed by atoms with Crippen LogP contribution in [-0.4, -0.2) is 58.3 Å². The van der Waals surface area contributed by atoms with E-state index in [1.54, 1.807) is 25.1 Å². The SMILES string of the molecule is COC(=O)/C=C/CC[C@H](NC(=O)c1oc2ccccc2c1C)C(=O)Nc1cccn(CC(=O)NC2C(N)CC3CC(Br)CC2C3)c1=O. The lowest BCUT2D eigenvalue weighted by molar-refractivity contribution is -0.134. The van der Waals surface area contributed by atoms with Crippen LogP contribution in [0.25, 0.3) is 11.0 Å². The molecule has 0 radical (unpaired) electrons. The predicted molar refractivity (Wildman–Crippen MR) is 180 cm³/mol. The minimum Gasteiger partial charge on any atom is -0.466 e. The van der Waals surface area contributed by atoms with E-state index >= 15 is 0 Å². The zero-order chi connectivity index (χ0) is 33.7. The number of ether oxygens (including phenoxy) is 1. The Morgan fingerprint density at radius 3 is 2.68 bits per heavy atom. The third-order valence-corrected chi connectivity index (χ3v) is 9.77. The number of nitrogens with two attached hydrogens (primary N) is 1. The van der Waals surface area contributed by atoms with E-state index in [1.807, 2.05) is 12.1 Å². The first-order valence-electron chi connectivity index (χ1n) is 15.8. The normalized spacial score (nSPS) is 22.9. The first-order valence-corrected chi connectivity index (χ1v) is 16.7. The summed E-state index contributed by atoms with van der Waals surface area (Å²) in [7, 11) is 1.25. The van der Waals surface area contributed by atoms with Crippen LogP contribution in [-0.2, 0) is 25.7 Å². The molecular formula is C34H40BrN5O7. The Morgan fingerprint density at radius 2 is 1.91 bits per heavy atom. The van der Waals surface area contributed by atoms with Gasteiger partial charge in [-0.15, -0.1) is 0 Å². The fourth-order valence-corrected chi connectivity index (χ4v) is 7.76. The van der Waals surface area contributed by atoms with Crippen LogP contribution in [0.1, 0.15) is 54.6 Å². The summed E-state index contributed by atoms with van der Waals surface area (Å²) < 4.78 is 11.6. The molecule has 2 fully saturated rings. The number of nitrogens with zero attached hydrogens (tertiary/aromatic N) is 1. The number of aromatic nitrogens is 1. The van der Waals surface area contributed by atoms with E-state index in [0.717, 1.165) is 31.1 Å². The van der Waals surface area contributed by atoms with E-state index in [-0.39, 0.29) is 54.7 Å². The van der Waals surface area contributed by atoms with Crippen molar-refractivity contribution in [2.75, 3.05) is 12.4 Å². The number of halogens is 1. The van der Waals surface area contributed by atoms with Crippen molar-refractivity contribution in [1.82, 2.24) is 15.2 Å². The highest BCUT2D eigenvalue weighted by atomic mass is 79.9. The predicted octanol–water partition coefficient (Wildman–Crippen LogP) is 3.55. The molecule has 2 bridgehead atoms. The van der Waals surface area contributed by atoms with Gasteiger partial charge in [-0.05, 0) is 75.5 Å². The fraction of sp³-hybridized carbons (Fsp3) is 0.441. The van der Waals surface area contributed by atoms with Crippen LogP contribution < -0.4 is 27.2 Å². The van der Waals surface area contributed by atoms with E-state index in [4.69, 9.17) is 10.2 Å². The monoisotopic (exact) mass is 709 g/mol. The molecule has 5 N–H and O–H groups in total. The average molecular weight is 711 g/mol. The highest BCUT2D eigenvalue weighted by Gasteiger charge is 2.41. The molecule has 0 aliphatic heterocycles. The van der Waals surface area contributed by atoms with E-state index in [0.29, 0.717) is 21.9 Å². The molecule has 3 amide bonds. The Hall–Kier alpha value is -4.23. The number of amides is 3. The zero-order valence-corrected chi connectivity index (χ0v) is 28.0. The summed E-state index contributed by atoms with van der Waals surface area (Å²) in [5.41, 5.74) is 6.97. The first-order chi connectivity index (χ1) is 22.5. The molecule has 5 rings (SSSR count). The number of methoxy groups -OCH3 is 1. The molecule has 47 heavy (non-hydrogen) atoms. The van der Waals surface area contributed by atoms with Crippen LogP contribution in [0, 0.1) is 18.8 Å². The molecule has 2 aromatic heterocycles. The van der Waals surface area contributed by atoms with Gasteiger partial charge in [0.15, 0.2) is 5.76 Å². The maximum Gasteiger partial charge on any atom is 0.330 e. The average Bonchev–Trinajstić information content (AvgIpc) is 3.38. The molecule has 250 valence electrons. The Labute approximate surface area is 280 Å². The van der Waals surface area contributed by atoms with Crippen molar-refractivity contribution >= 4 is 56.3 Å². The Kier molecular flexibility index (Phi) is 11.0. The molecule has 3 aromatic rings. The Balaban J connectivity index is 1.28. The van der Waals surface area contributed by atoms with Gasteiger partial charge in [-0.2, -0.15) is 0 Å². The van der Waals surface area contributed by atoms with Gasteiger partial charge in [0.05, 0.1) is 7.11 Å². The quantitative estimate of drug-likeness (QED) is 0.133. The zero-order valence-electron chi connectivity index (χ0n) is 26.4. The molecule has 0 saturated heterocycles. The summed E-state index contributed by atoms with van der Waals surface area (Å²) in [5, 5.41) is 9.16. The number of benzene rings is 1. The summed E-state index contributed by atoms with van der Waals surface area (Å²) >= 11 is 3.74. The summed E-state index contributed by atoms with van der Waals surface area (Å²) in [6, 6.07) is 8.78. The number of alkyl halides is 1. The highest BCUT2D eigenvalue weighted by molar-refractivity contribution is 9.09. The number of aryl methyl sites for hydroxylation is 1. The number of para-hydroxylation sites is 1. The molecule has 13 heteroatoms. The van der Waals surface area contributed by atoms with Crippen molar-refractivity contribution in [3.63, 3.8) is 0 Å². The second kappa shape index (κ2) is 15.1. The fourth-order valence-electron chi connectivity index (χ4n) is 6.76. The summed E-state index contributed by atoms with van der Waals surface area (Å²) in [6.45, 7) is 1.51. The number of pyridine rings is 1. The minimum absolute atomic E-state index is 0.0545. The first kappa shape index (κ1) is 34.1. The largest absolute Gasteiger partial charge is 0.466 e. The van der Waals surface area contributed by atoms with E-state index in [9.17, 15) is 24.0 Å². The number of hydrogen-bond acceptors (Lipinski definition) is 8. The van der Waals surface area contributed by atoms with E-state index in [1.165, 1.54) is 36.1 Å². The van der Waals surface area contributed by atoms with Gasteiger partial charge in [0.2, 0.25) is 11.8 Å². The lowest BCUT2D eigenvalue weighted by atomic mass is 9.68. The molecule has 5 unspecified atom stereocenters. The van der Waals surface area contributed by atoms with Crippen molar-refractivity contribution in [3.05, 3.63) is 76.4 Å². The van der Waals surface area contributed by atoms with Crippen LogP contribution in [0.2, 0.25) is 0 Å². The van der Waals surface area contributed by atoms with Gasteiger partial charge in [0, 0.05) is 40.1 Å². The van der Waals surface area contributed by atoms with Gasteiger partial charge < -0.3 is 35.4 Å². The number of anilines is 1. The second-order valence-corrected chi connectivity index (χ2v) is 13.6. The molecule has 12 nitrogen and oxygen atoms in total. The van der Waals surface area contributed by atoms with Crippen molar-refractivity contribution in [1.29, 1.82) is 0 Å². The molecular weight excluding hydrogens is 670 g/mol. The Morgan fingerprint density at radius 1 is 1.13 bits per heavy atom. The standard InChI is InChI=1S/C34H40BrN5O7/c1-19-23-8-3-5-11-27(23)47-31(19)33(44)37-25(9-4-6-12-29(42)46-2)32(43)38-26-10-7-13-40(34(26)45)18-28(41)39-30-21-14-20(16-24(30)36)15-22(35)17-21/h3,5-8,10-13,20-22,24-25,30H,4,9,14-18,36H2,1-2H3,(H,37,44)(H,38,43)(H,39,41)/b12-6+/t20?,21?,22?,24?,25-,30?/m0/s1. The van der Waals surface area contributed by atoms with Crippen molar-refractivity contribution < 1.29 is 28.3 Å². The van der Waals surface area contributed by atoms with Crippen molar-refractivity contribution in [2.24, 2.45) is 17.6 Å². The second-order valence-electron chi connectivity index (χ2n) is 12.3. The lowest BCUT2D eigenvalue weighted by Crippen LogP contribution is -2.58. The summed E-state index contributed by atoms with van der Waals surface area (Å²) in [6.07, 6.45) is 8.47. The number of nitrogens with one attached hydrogen (secondary N) is 3. The number of fused-ring (bicyclic) bond motifs is 3. The molecule has 0 spiro atoms. The number of furan rings is 1. The summed E-state index contributed by atoms with van der Waals surface area (Å²) in [5.74, 6) is -1.26. The van der Waals surface area contributed by atoms with Gasteiger partial charge in [0.1, 0.15) is 23.9 Å². The third-order valence-electron chi connectivity index (χ3n) is 9.03. The molecule has 2 aliphatic carbocycles. The highest BCUT2D eigenvalue weighted by Crippen LogP contribution is 2.42. The molecule has 1 aromatic carbocycles. The summed E-state index contributed by atoms with van der Waals surface area (Å²) in [4.78, 5) is 65.2. The number of rotatable bonds is 11. The number of carbonyl (C=O) groups excluding carboxylic acids is 4. The lowest BCUT2D eigenvalue weighted by Gasteiger charge is -2.45. The molecule has 2 saturated carbocycles. The van der Waals surface area contributed by atoms with Crippen LogP contribution in [0.5, 0.6) is 0 Å². The smallest absolute Gasteiger partial charge is 0.330 e. The van der Waals surface area contributed by atoms with E-state index < -0.39 is 29.4 Å².